The molecule has 4 rings (SSSR count). The minimum absolute atomic E-state index is 0.291. The highest BCUT2D eigenvalue weighted by Gasteiger charge is 2.12. The standard InChI is InChI=1S/C18H15FN6OS/c1-12-7-8-13(9-15(12)19)18-20-17(26-22-18)11-27-10-16-21-23-24-25(16)14-5-3-2-4-6-14/h2-9H,10-11H2,1H3. The van der Waals surface area contributed by atoms with E-state index >= 15 is 0 Å². The summed E-state index contributed by atoms with van der Waals surface area (Å²) in [5.74, 6) is 2.36. The van der Waals surface area contributed by atoms with E-state index in [9.17, 15) is 4.39 Å². The Hall–Kier alpha value is -3.07. The Morgan fingerprint density at radius 1 is 1.11 bits per heavy atom. The second-order valence-corrected chi connectivity index (χ2v) is 6.80. The van der Waals surface area contributed by atoms with Gasteiger partial charge in [-0.2, -0.15) is 9.67 Å². The zero-order valence-electron chi connectivity index (χ0n) is 14.4. The molecule has 0 saturated heterocycles. The predicted molar refractivity (Wildman–Crippen MR) is 98.6 cm³/mol. The van der Waals surface area contributed by atoms with Crippen LogP contribution >= 0.6 is 11.8 Å². The first kappa shape index (κ1) is 17.3. The van der Waals surface area contributed by atoms with Gasteiger partial charge in [-0.3, -0.25) is 0 Å². The molecule has 0 aliphatic rings. The summed E-state index contributed by atoms with van der Waals surface area (Å²) in [4.78, 5) is 4.33. The van der Waals surface area contributed by atoms with Gasteiger partial charge < -0.3 is 4.52 Å². The zero-order valence-corrected chi connectivity index (χ0v) is 15.2. The van der Waals surface area contributed by atoms with Crippen LogP contribution in [-0.4, -0.2) is 30.3 Å². The lowest BCUT2D eigenvalue weighted by molar-refractivity contribution is 0.391. The van der Waals surface area contributed by atoms with Crippen LogP contribution in [0.3, 0.4) is 0 Å². The average molecular weight is 382 g/mol. The predicted octanol–water partition coefficient (Wildman–Crippen LogP) is 3.59. The number of aryl methyl sites for hydroxylation is 1. The van der Waals surface area contributed by atoms with E-state index in [-0.39, 0.29) is 5.82 Å². The van der Waals surface area contributed by atoms with E-state index in [1.165, 1.54) is 6.07 Å². The number of hydrogen-bond acceptors (Lipinski definition) is 7. The van der Waals surface area contributed by atoms with Crippen molar-refractivity contribution in [2.24, 2.45) is 0 Å². The Bertz CT molecular complexity index is 1050. The second kappa shape index (κ2) is 7.67. The van der Waals surface area contributed by atoms with Crippen LogP contribution in [0.15, 0.2) is 53.1 Å². The Morgan fingerprint density at radius 2 is 1.96 bits per heavy atom. The van der Waals surface area contributed by atoms with Crippen LogP contribution in [0, 0.1) is 12.7 Å². The fraction of sp³-hybridized carbons (Fsp3) is 0.167. The van der Waals surface area contributed by atoms with E-state index in [0.29, 0.717) is 34.3 Å². The number of halogens is 1. The summed E-state index contributed by atoms with van der Waals surface area (Å²) in [6, 6.07) is 14.6. The maximum absolute atomic E-state index is 13.7. The molecular formula is C18H15FN6OS. The van der Waals surface area contributed by atoms with Gasteiger partial charge in [0, 0.05) is 5.56 Å². The minimum atomic E-state index is -0.291. The molecule has 0 aliphatic heterocycles. The fourth-order valence-electron chi connectivity index (χ4n) is 2.46. The molecule has 0 unspecified atom stereocenters. The lowest BCUT2D eigenvalue weighted by Gasteiger charge is -2.03. The van der Waals surface area contributed by atoms with Crippen molar-refractivity contribution in [3.8, 4) is 17.1 Å². The van der Waals surface area contributed by atoms with E-state index in [1.54, 1.807) is 35.5 Å². The molecule has 7 nitrogen and oxygen atoms in total. The zero-order chi connectivity index (χ0) is 18.6. The fourth-order valence-corrected chi connectivity index (χ4v) is 3.21. The van der Waals surface area contributed by atoms with Gasteiger partial charge in [-0.1, -0.05) is 35.5 Å². The second-order valence-electron chi connectivity index (χ2n) is 5.81. The third-order valence-electron chi connectivity index (χ3n) is 3.89. The van der Waals surface area contributed by atoms with Gasteiger partial charge >= 0.3 is 0 Å². The summed E-state index contributed by atoms with van der Waals surface area (Å²) in [7, 11) is 0. The topological polar surface area (TPSA) is 82.5 Å². The molecule has 0 spiro atoms. The summed E-state index contributed by atoms with van der Waals surface area (Å²) < 4.78 is 20.7. The average Bonchev–Trinajstić information content (AvgIpc) is 3.34. The molecule has 2 aromatic carbocycles. The molecule has 9 heteroatoms. The van der Waals surface area contributed by atoms with E-state index < -0.39 is 0 Å². The largest absolute Gasteiger partial charge is 0.338 e. The molecule has 2 aromatic heterocycles. The van der Waals surface area contributed by atoms with Crippen LogP contribution in [0.2, 0.25) is 0 Å². The molecule has 2 heterocycles. The maximum atomic E-state index is 13.7. The van der Waals surface area contributed by atoms with Crippen molar-refractivity contribution in [1.82, 2.24) is 30.3 Å². The molecule has 0 aliphatic carbocycles. The maximum Gasteiger partial charge on any atom is 0.236 e. The van der Waals surface area contributed by atoms with Gasteiger partial charge in [0.05, 0.1) is 17.2 Å². The normalized spacial score (nSPS) is 11.0. The van der Waals surface area contributed by atoms with Gasteiger partial charge in [0.25, 0.3) is 0 Å². The highest BCUT2D eigenvalue weighted by atomic mass is 32.2. The highest BCUT2D eigenvalue weighted by Crippen LogP contribution is 2.22. The molecule has 0 fully saturated rings. The first-order chi connectivity index (χ1) is 13.2. The summed E-state index contributed by atoms with van der Waals surface area (Å²) >= 11 is 1.55. The van der Waals surface area contributed by atoms with Crippen molar-refractivity contribution >= 4 is 11.8 Å². The van der Waals surface area contributed by atoms with Crippen LogP contribution in [-0.2, 0) is 11.5 Å². The van der Waals surface area contributed by atoms with Crippen molar-refractivity contribution in [2.75, 3.05) is 0 Å². The summed E-state index contributed by atoms with van der Waals surface area (Å²) in [6.45, 7) is 1.71. The Labute approximate surface area is 158 Å². The van der Waals surface area contributed by atoms with Gasteiger partial charge in [-0.15, -0.1) is 16.9 Å². The highest BCUT2D eigenvalue weighted by molar-refractivity contribution is 7.97. The molecule has 4 aromatic rings. The van der Waals surface area contributed by atoms with Crippen molar-refractivity contribution in [3.05, 3.63) is 71.6 Å². The van der Waals surface area contributed by atoms with Gasteiger partial charge in [-0.25, -0.2) is 4.39 Å². The van der Waals surface area contributed by atoms with Gasteiger partial charge in [-0.05, 0) is 41.1 Å². The van der Waals surface area contributed by atoms with Crippen LogP contribution in [0.1, 0.15) is 17.3 Å². The van der Waals surface area contributed by atoms with Gasteiger partial charge in [0.15, 0.2) is 5.82 Å². The number of tetrazole rings is 1. The lowest BCUT2D eigenvalue weighted by Crippen LogP contribution is -2.02. The van der Waals surface area contributed by atoms with Crippen molar-refractivity contribution in [3.63, 3.8) is 0 Å². The SMILES string of the molecule is Cc1ccc(-c2noc(CSCc3nnnn3-c3ccccc3)n2)cc1F. The summed E-state index contributed by atoms with van der Waals surface area (Å²) in [5, 5.41) is 15.8. The summed E-state index contributed by atoms with van der Waals surface area (Å²) in [5.41, 5.74) is 2.07. The Kier molecular flexibility index (Phi) is 4.93. The van der Waals surface area contributed by atoms with Crippen LogP contribution in [0.25, 0.3) is 17.1 Å². The number of nitrogens with zero attached hydrogens (tertiary/aromatic N) is 6. The van der Waals surface area contributed by atoms with E-state index in [4.69, 9.17) is 4.52 Å². The molecule has 27 heavy (non-hydrogen) atoms. The first-order valence-electron chi connectivity index (χ1n) is 8.20. The molecule has 0 N–H and O–H groups in total. The van der Waals surface area contributed by atoms with E-state index in [1.807, 2.05) is 30.3 Å². The third kappa shape index (κ3) is 3.87. The number of benzene rings is 2. The number of hydrogen-bond donors (Lipinski definition) is 0. The molecule has 0 atom stereocenters. The number of para-hydroxylation sites is 1. The monoisotopic (exact) mass is 382 g/mol. The first-order valence-corrected chi connectivity index (χ1v) is 9.36. The number of rotatable bonds is 6. The van der Waals surface area contributed by atoms with E-state index in [2.05, 4.69) is 25.7 Å². The summed E-state index contributed by atoms with van der Waals surface area (Å²) in [6.07, 6.45) is 0. The van der Waals surface area contributed by atoms with Crippen LogP contribution in [0.5, 0.6) is 0 Å². The van der Waals surface area contributed by atoms with Gasteiger partial charge in [0.1, 0.15) is 5.82 Å². The smallest absolute Gasteiger partial charge is 0.236 e. The molecule has 0 bridgehead atoms. The Morgan fingerprint density at radius 3 is 2.78 bits per heavy atom. The van der Waals surface area contributed by atoms with Gasteiger partial charge in [0.2, 0.25) is 11.7 Å². The van der Waals surface area contributed by atoms with Crippen molar-refractivity contribution in [1.29, 1.82) is 0 Å². The van der Waals surface area contributed by atoms with Crippen molar-refractivity contribution in [2.45, 2.75) is 18.4 Å². The number of thioether (sulfide) groups is 1. The lowest BCUT2D eigenvalue weighted by atomic mass is 10.1. The molecule has 136 valence electrons. The van der Waals surface area contributed by atoms with E-state index in [0.717, 1.165) is 11.5 Å². The molecular weight excluding hydrogens is 367 g/mol. The van der Waals surface area contributed by atoms with Crippen molar-refractivity contribution < 1.29 is 8.91 Å². The number of aromatic nitrogens is 6. The van der Waals surface area contributed by atoms with Crippen LogP contribution < -0.4 is 0 Å². The minimum Gasteiger partial charge on any atom is -0.338 e. The molecule has 0 amide bonds. The molecule has 0 saturated carbocycles. The quantitative estimate of drug-likeness (QED) is 0.504. The molecule has 0 radical (unpaired) electrons. The van der Waals surface area contributed by atoms with Crippen LogP contribution in [0.4, 0.5) is 4.39 Å². The Balaban J connectivity index is 1.40. The third-order valence-corrected chi connectivity index (χ3v) is 4.80.